The third-order valence-electron chi connectivity index (χ3n) is 9.77. The summed E-state index contributed by atoms with van der Waals surface area (Å²) in [5, 5.41) is 0. The van der Waals surface area contributed by atoms with Crippen molar-refractivity contribution in [3.05, 3.63) is 41.0 Å². The molecule has 6 rings (SSSR count). The molecule has 4 aliphatic rings. The lowest BCUT2D eigenvalue weighted by Crippen LogP contribution is -2.43. The molecule has 2 heterocycles. The maximum Gasteiger partial charge on any atom is 0.312 e. The SMILES string of the molecule is COc1cc([C@@H]2c3cc4c(cc3[C@@H](OC(C)=O)[C@H]3[C@H](O[C@@H]5C[C@H](C)CC[C@H]5C(C)C)OC(=O)[C@H]23)OCO4)cc(OC)c1OC. The molecule has 0 spiro atoms. The van der Waals surface area contributed by atoms with Crippen LogP contribution in [-0.2, 0) is 23.8 Å². The number of hydrogen-bond acceptors (Lipinski definition) is 10. The Morgan fingerprint density at radius 1 is 0.932 bits per heavy atom. The standard InChI is InChI=1S/C34H42O10/c1-16(2)20-9-8-17(3)10-23(20)43-34-30-29(33(36)44-34)28(19-11-26(37-5)32(39-7)27(12-19)38-6)21-13-24-25(41-15-40-24)14-22(21)31(30)42-18(4)35/h11-14,16-17,20,23,28-31,34H,8-10,15H2,1-7H3/t17-,20+,23-,28-,29-,30+,31-,34-/m1/s1. The summed E-state index contributed by atoms with van der Waals surface area (Å²) in [4.78, 5) is 26.6. The molecule has 0 unspecified atom stereocenters. The second kappa shape index (κ2) is 12.0. The molecule has 8 atom stereocenters. The average molecular weight is 611 g/mol. The van der Waals surface area contributed by atoms with Crippen LogP contribution in [0.4, 0.5) is 0 Å². The molecule has 1 saturated carbocycles. The molecule has 2 aromatic rings. The molecule has 10 heteroatoms. The van der Waals surface area contributed by atoms with Crippen molar-refractivity contribution in [2.75, 3.05) is 28.1 Å². The Kier molecular flexibility index (Phi) is 8.30. The summed E-state index contributed by atoms with van der Waals surface area (Å²) in [6.45, 7) is 8.10. The molecule has 44 heavy (non-hydrogen) atoms. The fraction of sp³-hybridized carbons (Fsp3) is 0.588. The highest BCUT2D eigenvalue weighted by Crippen LogP contribution is 2.58. The topological polar surface area (TPSA) is 108 Å². The van der Waals surface area contributed by atoms with Crippen LogP contribution in [0.2, 0.25) is 0 Å². The van der Waals surface area contributed by atoms with Gasteiger partial charge in [-0.1, -0.05) is 27.2 Å². The lowest BCUT2D eigenvalue weighted by Gasteiger charge is -2.42. The molecule has 10 nitrogen and oxygen atoms in total. The summed E-state index contributed by atoms with van der Waals surface area (Å²) in [7, 11) is 4.65. The van der Waals surface area contributed by atoms with Gasteiger partial charge in [-0.2, -0.15) is 0 Å². The van der Waals surface area contributed by atoms with Gasteiger partial charge >= 0.3 is 11.9 Å². The Labute approximate surface area is 258 Å². The van der Waals surface area contributed by atoms with E-state index in [1.165, 1.54) is 6.92 Å². The molecule has 0 amide bonds. The number of esters is 2. The van der Waals surface area contributed by atoms with Crippen molar-refractivity contribution < 1.29 is 47.5 Å². The molecule has 2 fully saturated rings. The molecule has 0 bridgehead atoms. The minimum atomic E-state index is -0.906. The van der Waals surface area contributed by atoms with Gasteiger partial charge in [0.25, 0.3) is 0 Å². The molecule has 2 aliphatic heterocycles. The van der Waals surface area contributed by atoms with Crippen LogP contribution in [-0.4, -0.2) is 52.5 Å². The fourth-order valence-corrected chi connectivity index (χ4v) is 7.73. The first kappa shape index (κ1) is 30.4. The van der Waals surface area contributed by atoms with E-state index in [0.717, 1.165) is 30.4 Å². The normalized spacial score (nSPS) is 30.3. The van der Waals surface area contributed by atoms with E-state index in [-0.39, 0.29) is 12.9 Å². The quantitative estimate of drug-likeness (QED) is 0.341. The van der Waals surface area contributed by atoms with Crippen LogP contribution >= 0.6 is 0 Å². The van der Waals surface area contributed by atoms with E-state index in [1.807, 2.05) is 24.3 Å². The Morgan fingerprint density at radius 2 is 1.59 bits per heavy atom. The molecule has 238 valence electrons. The zero-order chi connectivity index (χ0) is 31.3. The predicted octanol–water partition coefficient (Wildman–Crippen LogP) is 5.78. The van der Waals surface area contributed by atoms with Gasteiger partial charge in [-0.25, -0.2) is 0 Å². The summed E-state index contributed by atoms with van der Waals surface area (Å²) in [5.41, 5.74) is 2.23. The first-order chi connectivity index (χ1) is 21.1. The van der Waals surface area contributed by atoms with Gasteiger partial charge in [-0.3, -0.25) is 9.59 Å². The highest BCUT2D eigenvalue weighted by atomic mass is 16.7. The minimum Gasteiger partial charge on any atom is -0.493 e. The minimum absolute atomic E-state index is 0.0718. The van der Waals surface area contributed by atoms with E-state index in [2.05, 4.69) is 20.8 Å². The molecule has 0 aromatic heterocycles. The second-order valence-electron chi connectivity index (χ2n) is 12.7. The van der Waals surface area contributed by atoms with Crippen molar-refractivity contribution >= 4 is 11.9 Å². The third kappa shape index (κ3) is 5.21. The zero-order valence-corrected chi connectivity index (χ0v) is 26.4. The summed E-state index contributed by atoms with van der Waals surface area (Å²) in [6, 6.07) is 7.43. The zero-order valence-electron chi connectivity index (χ0n) is 26.4. The van der Waals surface area contributed by atoms with Crippen molar-refractivity contribution in [2.45, 2.75) is 71.4 Å². The van der Waals surface area contributed by atoms with Crippen LogP contribution in [0.3, 0.4) is 0 Å². The Bertz CT molecular complexity index is 1390. The van der Waals surface area contributed by atoms with Crippen LogP contribution in [0.15, 0.2) is 24.3 Å². The molecule has 0 radical (unpaired) electrons. The van der Waals surface area contributed by atoms with Gasteiger partial charge in [-0.15, -0.1) is 0 Å². The van der Waals surface area contributed by atoms with Crippen LogP contribution in [0.25, 0.3) is 0 Å². The molecule has 2 aliphatic carbocycles. The molecule has 2 aromatic carbocycles. The van der Waals surface area contributed by atoms with Gasteiger partial charge in [0.2, 0.25) is 18.8 Å². The van der Waals surface area contributed by atoms with E-state index in [4.69, 9.17) is 37.9 Å². The van der Waals surface area contributed by atoms with Crippen LogP contribution in [0, 0.1) is 29.6 Å². The molecule has 1 saturated heterocycles. The largest absolute Gasteiger partial charge is 0.493 e. The van der Waals surface area contributed by atoms with Crippen LogP contribution in [0.1, 0.15) is 75.7 Å². The second-order valence-corrected chi connectivity index (χ2v) is 12.7. The number of rotatable bonds is 8. The number of methoxy groups -OCH3 is 3. The van der Waals surface area contributed by atoms with Gasteiger partial charge in [0.15, 0.2) is 23.0 Å². The first-order valence-electron chi connectivity index (χ1n) is 15.4. The summed E-state index contributed by atoms with van der Waals surface area (Å²) in [5.74, 6) is 0.915. The summed E-state index contributed by atoms with van der Waals surface area (Å²) >= 11 is 0. The highest BCUT2D eigenvalue weighted by Gasteiger charge is 2.59. The number of ether oxygens (including phenoxy) is 8. The summed E-state index contributed by atoms with van der Waals surface area (Å²) < 4.78 is 47.4. The number of carbonyl (C=O) groups is 2. The number of carbonyl (C=O) groups excluding carboxylic acids is 2. The molecular formula is C34H42O10. The monoisotopic (exact) mass is 610 g/mol. The van der Waals surface area contributed by atoms with Crippen molar-refractivity contribution in [1.29, 1.82) is 0 Å². The highest BCUT2D eigenvalue weighted by molar-refractivity contribution is 5.79. The smallest absolute Gasteiger partial charge is 0.312 e. The maximum absolute atomic E-state index is 14.0. The number of hydrogen-bond donors (Lipinski definition) is 0. The molecule has 0 N–H and O–H groups in total. The maximum atomic E-state index is 14.0. The number of benzene rings is 2. The van der Waals surface area contributed by atoms with E-state index >= 15 is 0 Å². The van der Waals surface area contributed by atoms with Crippen LogP contribution in [0.5, 0.6) is 28.7 Å². The van der Waals surface area contributed by atoms with Gasteiger partial charge in [-0.05, 0) is 66.0 Å². The van der Waals surface area contributed by atoms with E-state index in [0.29, 0.717) is 52.1 Å². The lowest BCUT2D eigenvalue weighted by atomic mass is 9.65. The van der Waals surface area contributed by atoms with E-state index in [1.54, 1.807) is 21.3 Å². The number of cyclic esters (lactones) is 1. The van der Waals surface area contributed by atoms with Crippen LogP contribution < -0.4 is 23.7 Å². The van der Waals surface area contributed by atoms with Gasteiger partial charge < -0.3 is 37.9 Å². The average Bonchev–Trinajstić information content (AvgIpc) is 3.58. The van der Waals surface area contributed by atoms with Gasteiger partial charge in [0.1, 0.15) is 6.10 Å². The van der Waals surface area contributed by atoms with Gasteiger partial charge in [0, 0.05) is 18.4 Å². The molecular weight excluding hydrogens is 568 g/mol. The van der Waals surface area contributed by atoms with Crippen molar-refractivity contribution in [3.8, 4) is 28.7 Å². The lowest BCUT2D eigenvalue weighted by molar-refractivity contribution is -0.208. The fourth-order valence-electron chi connectivity index (χ4n) is 7.73. The first-order valence-corrected chi connectivity index (χ1v) is 15.4. The van der Waals surface area contributed by atoms with Crippen molar-refractivity contribution in [3.63, 3.8) is 0 Å². The summed E-state index contributed by atoms with van der Waals surface area (Å²) in [6.07, 6.45) is 1.25. The van der Waals surface area contributed by atoms with E-state index < -0.39 is 42.1 Å². The Hall–Kier alpha value is -3.66. The van der Waals surface area contributed by atoms with Crippen molar-refractivity contribution in [1.82, 2.24) is 0 Å². The van der Waals surface area contributed by atoms with E-state index in [9.17, 15) is 9.59 Å². The van der Waals surface area contributed by atoms with Gasteiger partial charge in [0.05, 0.1) is 39.3 Å². The Balaban J connectivity index is 1.51. The Morgan fingerprint density at radius 3 is 2.18 bits per heavy atom. The number of fused-ring (bicyclic) bond motifs is 3. The predicted molar refractivity (Wildman–Crippen MR) is 158 cm³/mol. The van der Waals surface area contributed by atoms with Crippen molar-refractivity contribution in [2.24, 2.45) is 29.6 Å². The third-order valence-corrected chi connectivity index (χ3v) is 9.77.